The lowest BCUT2D eigenvalue weighted by molar-refractivity contribution is -0.117. The lowest BCUT2D eigenvalue weighted by Crippen LogP contribution is -2.49. The molecule has 0 saturated heterocycles. The number of hydrogen-bond donors (Lipinski definition) is 3. The van der Waals surface area contributed by atoms with Gasteiger partial charge in [-0.25, -0.2) is 4.79 Å². The Labute approximate surface area is 217 Å². The van der Waals surface area contributed by atoms with Crippen LogP contribution in [0.4, 0.5) is 5.69 Å². The molecule has 198 valence electrons. The van der Waals surface area contributed by atoms with Crippen molar-refractivity contribution in [2.24, 2.45) is 11.8 Å². The molecular formula is C28H35N3O6. The van der Waals surface area contributed by atoms with E-state index >= 15 is 0 Å². The number of carbonyl (C=O) groups excluding carboxylic acids is 2. The molecular weight excluding hydrogens is 474 g/mol. The topological polar surface area (TPSA) is 119 Å². The zero-order valence-corrected chi connectivity index (χ0v) is 21.5. The first-order valence-corrected chi connectivity index (χ1v) is 12.7. The number of likely N-dealkylation sites (N-methyl/N-ethyl adjacent to an activating group) is 1. The van der Waals surface area contributed by atoms with Gasteiger partial charge in [-0.15, -0.1) is 0 Å². The summed E-state index contributed by atoms with van der Waals surface area (Å²) in [6, 6.07) is 11.6. The molecule has 2 aromatic carbocycles. The van der Waals surface area contributed by atoms with E-state index in [9.17, 15) is 19.5 Å². The summed E-state index contributed by atoms with van der Waals surface area (Å²) in [4.78, 5) is 40.7. The maximum absolute atomic E-state index is 13.5. The van der Waals surface area contributed by atoms with E-state index in [4.69, 9.17) is 9.84 Å². The van der Waals surface area contributed by atoms with Crippen molar-refractivity contribution < 1.29 is 29.3 Å². The number of carboxylic acid groups (broad SMARTS) is 1. The van der Waals surface area contributed by atoms with Crippen LogP contribution in [0.3, 0.4) is 0 Å². The SMILES string of the molecule is C[C@H](CO)N1C[C@H](C)[C@@H](CN(C)Cc2ccc(C(=O)O)cc2)Oc2ccc(NC(=O)C3CC3)cc2C1=O. The highest BCUT2D eigenvalue weighted by atomic mass is 16.5. The number of aliphatic hydroxyl groups is 1. The molecule has 1 heterocycles. The third-order valence-electron chi connectivity index (χ3n) is 7.03. The highest BCUT2D eigenvalue weighted by Crippen LogP contribution is 2.33. The zero-order chi connectivity index (χ0) is 26.7. The number of carboxylic acids is 1. The quantitative estimate of drug-likeness (QED) is 0.475. The van der Waals surface area contributed by atoms with Gasteiger partial charge in [0, 0.05) is 37.2 Å². The van der Waals surface area contributed by atoms with E-state index in [1.807, 2.05) is 20.9 Å². The molecule has 9 heteroatoms. The van der Waals surface area contributed by atoms with Crippen molar-refractivity contribution in [2.45, 2.75) is 45.4 Å². The normalized spacial score (nSPS) is 20.5. The van der Waals surface area contributed by atoms with Crippen molar-refractivity contribution in [3.8, 4) is 5.75 Å². The van der Waals surface area contributed by atoms with Gasteiger partial charge in [-0.2, -0.15) is 0 Å². The van der Waals surface area contributed by atoms with Gasteiger partial charge in [0.1, 0.15) is 11.9 Å². The van der Waals surface area contributed by atoms with Crippen LogP contribution in [0.2, 0.25) is 0 Å². The monoisotopic (exact) mass is 509 g/mol. The second-order valence-corrected chi connectivity index (χ2v) is 10.3. The van der Waals surface area contributed by atoms with Gasteiger partial charge < -0.3 is 25.2 Å². The Bertz CT molecular complexity index is 1150. The van der Waals surface area contributed by atoms with Crippen LogP contribution in [0.25, 0.3) is 0 Å². The zero-order valence-electron chi connectivity index (χ0n) is 21.5. The van der Waals surface area contributed by atoms with E-state index in [0.29, 0.717) is 36.6 Å². The molecule has 2 amide bonds. The molecule has 3 N–H and O–H groups in total. The maximum Gasteiger partial charge on any atom is 0.335 e. The summed E-state index contributed by atoms with van der Waals surface area (Å²) in [6.45, 7) is 5.25. The van der Waals surface area contributed by atoms with Crippen LogP contribution in [0.15, 0.2) is 42.5 Å². The number of benzene rings is 2. The number of amides is 2. The van der Waals surface area contributed by atoms with E-state index in [1.165, 1.54) is 0 Å². The standard InChI is InChI=1S/C28H35N3O6/c1-17-13-31(18(2)16-32)27(34)23-12-22(29-26(33)20-8-9-20)10-11-24(23)37-25(17)15-30(3)14-19-4-6-21(7-5-19)28(35)36/h4-7,10-12,17-18,20,25,32H,8-9,13-16H2,1-3H3,(H,29,33)(H,35,36)/t17-,18+,25+/m0/s1. The van der Waals surface area contributed by atoms with Crippen LogP contribution in [0.5, 0.6) is 5.75 Å². The minimum atomic E-state index is -0.957. The molecule has 0 spiro atoms. The Morgan fingerprint density at radius 3 is 2.51 bits per heavy atom. The molecule has 1 aliphatic heterocycles. The van der Waals surface area contributed by atoms with E-state index in [0.717, 1.165) is 18.4 Å². The molecule has 1 fully saturated rings. The summed E-state index contributed by atoms with van der Waals surface area (Å²) in [5.74, 6) is -0.777. The molecule has 0 radical (unpaired) electrons. The van der Waals surface area contributed by atoms with Crippen molar-refractivity contribution in [1.82, 2.24) is 9.80 Å². The maximum atomic E-state index is 13.5. The number of hydrogen-bond acceptors (Lipinski definition) is 6. The Morgan fingerprint density at radius 2 is 1.89 bits per heavy atom. The van der Waals surface area contributed by atoms with Gasteiger partial charge >= 0.3 is 5.97 Å². The first kappa shape index (κ1) is 26.6. The third-order valence-corrected chi connectivity index (χ3v) is 7.03. The number of nitrogens with one attached hydrogen (secondary N) is 1. The average molecular weight is 510 g/mol. The van der Waals surface area contributed by atoms with E-state index < -0.39 is 5.97 Å². The van der Waals surface area contributed by atoms with Crippen molar-refractivity contribution in [3.05, 3.63) is 59.2 Å². The largest absolute Gasteiger partial charge is 0.488 e. The predicted octanol–water partition coefficient (Wildman–Crippen LogP) is 3.09. The summed E-state index contributed by atoms with van der Waals surface area (Å²) in [6.07, 6.45) is 1.52. The second-order valence-electron chi connectivity index (χ2n) is 10.3. The van der Waals surface area contributed by atoms with Gasteiger partial charge in [-0.05, 0) is 62.7 Å². The number of carbonyl (C=O) groups is 3. The second kappa shape index (κ2) is 11.3. The number of nitrogens with zero attached hydrogens (tertiary/aromatic N) is 2. The summed E-state index contributed by atoms with van der Waals surface area (Å²) in [5.41, 5.74) is 2.14. The summed E-state index contributed by atoms with van der Waals surface area (Å²) >= 11 is 0. The van der Waals surface area contributed by atoms with Gasteiger partial charge in [0.2, 0.25) is 5.91 Å². The van der Waals surface area contributed by atoms with E-state index in [-0.39, 0.29) is 48.0 Å². The number of fused-ring (bicyclic) bond motifs is 1. The van der Waals surface area contributed by atoms with Gasteiger partial charge in [0.25, 0.3) is 5.91 Å². The number of aromatic carboxylic acids is 1. The van der Waals surface area contributed by atoms with E-state index in [1.54, 1.807) is 47.4 Å². The van der Waals surface area contributed by atoms with Crippen LogP contribution in [-0.2, 0) is 11.3 Å². The van der Waals surface area contributed by atoms with Crippen LogP contribution >= 0.6 is 0 Å². The highest BCUT2D eigenvalue weighted by Gasteiger charge is 2.34. The predicted molar refractivity (Wildman–Crippen MR) is 139 cm³/mol. The minimum Gasteiger partial charge on any atom is -0.488 e. The number of ether oxygens (including phenoxy) is 1. The molecule has 2 aliphatic rings. The van der Waals surface area contributed by atoms with Crippen LogP contribution < -0.4 is 10.1 Å². The van der Waals surface area contributed by atoms with Crippen LogP contribution in [0.1, 0.15) is 53.0 Å². The molecule has 4 rings (SSSR count). The summed E-state index contributed by atoms with van der Waals surface area (Å²) < 4.78 is 6.42. The van der Waals surface area contributed by atoms with Crippen molar-refractivity contribution >= 4 is 23.5 Å². The summed E-state index contributed by atoms with van der Waals surface area (Å²) in [7, 11) is 1.97. The molecule has 3 atom stereocenters. The average Bonchev–Trinajstić information content (AvgIpc) is 3.72. The van der Waals surface area contributed by atoms with Crippen molar-refractivity contribution in [2.75, 3.05) is 32.1 Å². The van der Waals surface area contributed by atoms with Gasteiger partial charge in [-0.1, -0.05) is 19.1 Å². The fraction of sp³-hybridized carbons (Fsp3) is 0.464. The van der Waals surface area contributed by atoms with Crippen molar-refractivity contribution in [3.63, 3.8) is 0 Å². The highest BCUT2D eigenvalue weighted by molar-refractivity contribution is 6.00. The third kappa shape index (κ3) is 6.47. The Balaban J connectivity index is 1.55. The fourth-order valence-corrected chi connectivity index (χ4v) is 4.54. The number of anilines is 1. The molecule has 9 nitrogen and oxygen atoms in total. The van der Waals surface area contributed by atoms with Gasteiger partial charge in [0.05, 0.1) is 23.8 Å². The van der Waals surface area contributed by atoms with Crippen LogP contribution in [0, 0.1) is 11.8 Å². The first-order valence-electron chi connectivity index (χ1n) is 12.7. The van der Waals surface area contributed by atoms with Gasteiger partial charge in [-0.3, -0.25) is 14.5 Å². The lowest BCUT2D eigenvalue weighted by atomic mass is 9.99. The van der Waals surface area contributed by atoms with Gasteiger partial charge in [0.15, 0.2) is 0 Å². The molecule has 0 aromatic heterocycles. The first-order chi connectivity index (χ1) is 17.7. The molecule has 1 saturated carbocycles. The Morgan fingerprint density at radius 1 is 1.19 bits per heavy atom. The Hall–Kier alpha value is -3.43. The minimum absolute atomic E-state index is 0.0304. The molecule has 37 heavy (non-hydrogen) atoms. The smallest absolute Gasteiger partial charge is 0.335 e. The number of aliphatic hydroxyl groups excluding tert-OH is 1. The number of rotatable bonds is 9. The molecule has 0 unspecified atom stereocenters. The van der Waals surface area contributed by atoms with Crippen molar-refractivity contribution in [1.29, 1.82) is 0 Å². The van der Waals surface area contributed by atoms with Crippen LogP contribution in [-0.4, -0.2) is 76.7 Å². The molecule has 0 bridgehead atoms. The lowest BCUT2D eigenvalue weighted by Gasteiger charge is -2.38. The molecule has 2 aromatic rings. The Kier molecular flexibility index (Phi) is 8.14. The molecule has 1 aliphatic carbocycles. The van der Waals surface area contributed by atoms with E-state index in [2.05, 4.69) is 10.2 Å². The fourth-order valence-electron chi connectivity index (χ4n) is 4.54. The summed E-state index contributed by atoms with van der Waals surface area (Å²) in [5, 5.41) is 21.9.